The zero-order chi connectivity index (χ0) is 11.9. The molecule has 0 spiro atoms. The zero-order valence-corrected chi connectivity index (χ0v) is 10.1. The molecule has 0 aromatic carbocycles. The predicted octanol–water partition coefficient (Wildman–Crippen LogP) is 4.29. The SMILES string of the molecule is OC1(C(F)F)CCCCCCCCCCC1. The number of hydrogen-bond donors (Lipinski definition) is 1. The Morgan fingerprint density at radius 2 is 1.00 bits per heavy atom. The van der Waals surface area contributed by atoms with Crippen molar-refractivity contribution in [3.8, 4) is 0 Å². The van der Waals surface area contributed by atoms with Gasteiger partial charge in [-0.25, -0.2) is 8.78 Å². The van der Waals surface area contributed by atoms with E-state index in [2.05, 4.69) is 0 Å². The van der Waals surface area contributed by atoms with Crippen LogP contribution in [-0.4, -0.2) is 17.1 Å². The summed E-state index contributed by atoms with van der Waals surface area (Å²) in [6.45, 7) is 0. The largest absolute Gasteiger partial charge is 0.384 e. The Morgan fingerprint density at radius 1 is 0.688 bits per heavy atom. The molecule has 1 nitrogen and oxygen atoms in total. The Bertz CT molecular complexity index is 171. The molecule has 0 radical (unpaired) electrons. The van der Waals surface area contributed by atoms with Gasteiger partial charge >= 0.3 is 0 Å². The summed E-state index contributed by atoms with van der Waals surface area (Å²) in [6, 6.07) is 0. The van der Waals surface area contributed by atoms with Gasteiger partial charge in [0.05, 0.1) is 0 Å². The van der Waals surface area contributed by atoms with E-state index in [1.807, 2.05) is 0 Å². The van der Waals surface area contributed by atoms with Gasteiger partial charge in [-0.15, -0.1) is 0 Å². The molecule has 16 heavy (non-hydrogen) atoms. The van der Waals surface area contributed by atoms with Crippen LogP contribution in [0.3, 0.4) is 0 Å². The lowest BCUT2D eigenvalue weighted by atomic mass is 9.89. The summed E-state index contributed by atoms with van der Waals surface area (Å²) >= 11 is 0. The van der Waals surface area contributed by atoms with Crippen LogP contribution in [0, 0.1) is 0 Å². The molecule has 1 aliphatic rings. The Morgan fingerprint density at radius 3 is 1.31 bits per heavy atom. The van der Waals surface area contributed by atoms with Gasteiger partial charge < -0.3 is 5.11 Å². The summed E-state index contributed by atoms with van der Waals surface area (Å²) in [6.07, 6.45) is 7.34. The topological polar surface area (TPSA) is 20.2 Å². The normalized spacial score (nSPS) is 24.8. The van der Waals surface area contributed by atoms with E-state index in [4.69, 9.17) is 0 Å². The summed E-state index contributed by atoms with van der Waals surface area (Å²) in [5.74, 6) is 0. The van der Waals surface area contributed by atoms with E-state index < -0.39 is 12.0 Å². The van der Waals surface area contributed by atoms with Crippen LogP contribution < -0.4 is 0 Å². The van der Waals surface area contributed by atoms with Crippen LogP contribution in [0.4, 0.5) is 8.78 Å². The Kier molecular flexibility index (Phi) is 6.25. The van der Waals surface area contributed by atoms with Crippen LogP contribution in [0.5, 0.6) is 0 Å². The highest BCUT2D eigenvalue weighted by Gasteiger charge is 2.36. The fourth-order valence-electron chi connectivity index (χ4n) is 2.44. The van der Waals surface area contributed by atoms with Crippen molar-refractivity contribution in [1.29, 1.82) is 0 Å². The van der Waals surface area contributed by atoms with E-state index in [-0.39, 0.29) is 12.8 Å². The Labute approximate surface area is 97.2 Å². The molecule has 1 fully saturated rings. The third kappa shape index (κ3) is 4.77. The van der Waals surface area contributed by atoms with Gasteiger partial charge in [-0.1, -0.05) is 57.8 Å². The molecule has 0 aromatic rings. The van der Waals surface area contributed by atoms with Crippen molar-refractivity contribution in [2.45, 2.75) is 82.7 Å². The maximum Gasteiger partial charge on any atom is 0.266 e. The van der Waals surface area contributed by atoms with E-state index in [0.29, 0.717) is 0 Å². The smallest absolute Gasteiger partial charge is 0.266 e. The van der Waals surface area contributed by atoms with Gasteiger partial charge in [0.25, 0.3) is 6.43 Å². The van der Waals surface area contributed by atoms with Crippen molar-refractivity contribution in [2.24, 2.45) is 0 Å². The van der Waals surface area contributed by atoms with Crippen molar-refractivity contribution in [3.63, 3.8) is 0 Å². The second-order valence-corrected chi connectivity index (χ2v) is 5.09. The third-order valence-corrected chi connectivity index (χ3v) is 3.63. The molecule has 0 bridgehead atoms. The molecule has 3 heteroatoms. The second-order valence-electron chi connectivity index (χ2n) is 5.09. The monoisotopic (exact) mass is 234 g/mol. The van der Waals surface area contributed by atoms with Gasteiger partial charge in [-0.3, -0.25) is 0 Å². The molecule has 0 heterocycles. The minimum absolute atomic E-state index is 0.269. The first kappa shape index (κ1) is 13.9. The Balaban J connectivity index is 2.42. The molecule has 1 saturated carbocycles. The van der Waals surface area contributed by atoms with Crippen molar-refractivity contribution in [3.05, 3.63) is 0 Å². The molecular weight excluding hydrogens is 210 g/mol. The van der Waals surface area contributed by atoms with E-state index in [0.717, 1.165) is 38.5 Å². The molecule has 0 amide bonds. The fraction of sp³-hybridized carbons (Fsp3) is 1.00. The molecule has 0 saturated heterocycles. The first-order valence-corrected chi connectivity index (χ1v) is 6.66. The van der Waals surface area contributed by atoms with Gasteiger partial charge in [0, 0.05) is 0 Å². The number of alkyl halides is 2. The van der Waals surface area contributed by atoms with Gasteiger partial charge in [-0.05, 0) is 12.8 Å². The van der Waals surface area contributed by atoms with Crippen LogP contribution in [0.25, 0.3) is 0 Å². The van der Waals surface area contributed by atoms with Gasteiger partial charge in [0.15, 0.2) is 0 Å². The lowest BCUT2D eigenvalue weighted by molar-refractivity contribution is -0.108. The predicted molar refractivity (Wildman–Crippen MR) is 61.7 cm³/mol. The van der Waals surface area contributed by atoms with Crippen LogP contribution in [0.15, 0.2) is 0 Å². The van der Waals surface area contributed by atoms with Gasteiger partial charge in [0.2, 0.25) is 0 Å². The molecular formula is C13H24F2O. The number of halogens is 2. The maximum atomic E-state index is 12.8. The van der Waals surface area contributed by atoms with Crippen molar-refractivity contribution < 1.29 is 13.9 Å². The summed E-state index contributed by atoms with van der Waals surface area (Å²) in [5.41, 5.74) is -1.71. The minimum atomic E-state index is -2.59. The molecule has 0 atom stereocenters. The minimum Gasteiger partial charge on any atom is -0.384 e. The van der Waals surface area contributed by atoms with E-state index in [9.17, 15) is 13.9 Å². The van der Waals surface area contributed by atoms with Gasteiger partial charge in [0.1, 0.15) is 5.60 Å². The average Bonchev–Trinajstić information content (AvgIpc) is 2.23. The fourth-order valence-corrected chi connectivity index (χ4v) is 2.44. The van der Waals surface area contributed by atoms with Crippen LogP contribution in [-0.2, 0) is 0 Å². The summed E-state index contributed by atoms with van der Waals surface area (Å²) in [7, 11) is 0. The molecule has 1 aliphatic carbocycles. The van der Waals surface area contributed by atoms with E-state index in [1.54, 1.807) is 0 Å². The van der Waals surface area contributed by atoms with Gasteiger partial charge in [-0.2, -0.15) is 0 Å². The lowest BCUT2D eigenvalue weighted by Crippen LogP contribution is -2.37. The first-order chi connectivity index (χ1) is 7.65. The quantitative estimate of drug-likeness (QED) is 0.717. The third-order valence-electron chi connectivity index (χ3n) is 3.63. The maximum absolute atomic E-state index is 12.8. The average molecular weight is 234 g/mol. The van der Waals surface area contributed by atoms with Crippen LogP contribution in [0.1, 0.15) is 70.6 Å². The highest BCUT2D eigenvalue weighted by atomic mass is 19.3. The van der Waals surface area contributed by atoms with E-state index >= 15 is 0 Å². The molecule has 1 rings (SSSR count). The van der Waals surface area contributed by atoms with Crippen molar-refractivity contribution >= 4 is 0 Å². The van der Waals surface area contributed by atoms with Crippen molar-refractivity contribution in [2.75, 3.05) is 0 Å². The molecule has 0 unspecified atom stereocenters. The van der Waals surface area contributed by atoms with Crippen molar-refractivity contribution in [1.82, 2.24) is 0 Å². The molecule has 0 aliphatic heterocycles. The lowest BCUT2D eigenvalue weighted by Gasteiger charge is -2.27. The second kappa shape index (κ2) is 7.21. The first-order valence-electron chi connectivity index (χ1n) is 6.66. The summed E-state index contributed by atoms with van der Waals surface area (Å²) in [4.78, 5) is 0. The number of hydrogen-bond acceptors (Lipinski definition) is 1. The zero-order valence-electron chi connectivity index (χ0n) is 10.1. The standard InChI is InChI=1S/C13H24F2O/c14-12(15)13(16)10-8-6-4-2-1-3-5-7-9-11-13/h12,16H,1-11H2. The molecule has 96 valence electrons. The molecule has 0 aromatic heterocycles. The molecule has 1 N–H and O–H groups in total. The number of aliphatic hydroxyl groups is 1. The highest BCUT2D eigenvalue weighted by Crippen LogP contribution is 2.29. The van der Waals surface area contributed by atoms with Crippen LogP contribution in [0.2, 0.25) is 0 Å². The van der Waals surface area contributed by atoms with E-state index in [1.165, 1.54) is 19.3 Å². The summed E-state index contributed by atoms with van der Waals surface area (Å²) < 4.78 is 25.6. The number of rotatable bonds is 1. The van der Waals surface area contributed by atoms with Crippen LogP contribution >= 0.6 is 0 Å². The summed E-state index contributed by atoms with van der Waals surface area (Å²) in [5, 5.41) is 9.88. The highest BCUT2D eigenvalue weighted by molar-refractivity contribution is 4.81. The Hall–Kier alpha value is -0.180.